The molecule has 0 aromatic heterocycles. The normalized spacial score (nSPS) is 11.6. The Hall–Kier alpha value is -2.77. The summed E-state index contributed by atoms with van der Waals surface area (Å²) in [7, 11) is 3.23. The molecule has 0 heterocycles. The van der Waals surface area contributed by atoms with E-state index >= 15 is 0 Å². The molecule has 8 nitrogen and oxygen atoms in total. The van der Waals surface area contributed by atoms with Crippen molar-refractivity contribution in [1.82, 2.24) is 9.80 Å². The van der Waals surface area contributed by atoms with Crippen LogP contribution in [0.3, 0.4) is 0 Å². The second kappa shape index (κ2) is 9.15. The van der Waals surface area contributed by atoms with Crippen molar-refractivity contribution in [2.75, 3.05) is 14.1 Å². The van der Waals surface area contributed by atoms with Gasteiger partial charge in [0.1, 0.15) is 11.2 Å². The molecule has 0 aliphatic carbocycles. The molecule has 0 bridgehead atoms. The Labute approximate surface area is 172 Å². The molecule has 2 N–H and O–H groups in total. The Balaban J connectivity index is 3.08. The highest BCUT2D eigenvalue weighted by atomic mass is 16.6. The van der Waals surface area contributed by atoms with E-state index in [2.05, 4.69) is 0 Å². The van der Waals surface area contributed by atoms with Gasteiger partial charge in [-0.05, 0) is 64.8 Å². The molecule has 0 radical (unpaired) electrons. The fourth-order valence-electron chi connectivity index (χ4n) is 2.40. The fraction of sp³-hybridized carbons (Fsp3) is 0.571. The number of amides is 3. The lowest BCUT2D eigenvalue weighted by atomic mass is 10.0. The maximum Gasteiger partial charge on any atom is 0.410 e. The SMILES string of the molecule is CN(Cc1ccc(C(N)=O)cc1CN(C)C(=O)OC(C)(C)C)C(=O)OC(C)(C)C. The van der Waals surface area contributed by atoms with E-state index in [-0.39, 0.29) is 13.1 Å². The van der Waals surface area contributed by atoms with Gasteiger partial charge >= 0.3 is 12.2 Å². The zero-order valence-electron chi connectivity index (χ0n) is 18.7. The molecule has 1 rings (SSSR count). The summed E-state index contributed by atoms with van der Waals surface area (Å²) in [4.78, 5) is 39.0. The minimum absolute atomic E-state index is 0.188. The smallest absolute Gasteiger partial charge is 0.410 e. The highest BCUT2D eigenvalue weighted by Crippen LogP contribution is 2.19. The predicted octanol–water partition coefficient (Wildman–Crippen LogP) is 3.52. The van der Waals surface area contributed by atoms with Gasteiger partial charge in [0.2, 0.25) is 5.91 Å². The van der Waals surface area contributed by atoms with Crippen molar-refractivity contribution < 1.29 is 23.9 Å². The van der Waals surface area contributed by atoms with Crippen LogP contribution < -0.4 is 5.73 Å². The summed E-state index contributed by atoms with van der Waals surface area (Å²) in [6.07, 6.45) is -0.962. The Kier molecular flexibility index (Phi) is 7.66. The van der Waals surface area contributed by atoms with Crippen molar-refractivity contribution in [3.05, 3.63) is 34.9 Å². The lowest BCUT2D eigenvalue weighted by molar-refractivity contribution is 0.0264. The van der Waals surface area contributed by atoms with Gasteiger partial charge in [-0.15, -0.1) is 0 Å². The summed E-state index contributed by atoms with van der Waals surface area (Å²) >= 11 is 0. The number of hydrogen-bond acceptors (Lipinski definition) is 5. The lowest BCUT2D eigenvalue weighted by Gasteiger charge is -2.27. The fourth-order valence-corrected chi connectivity index (χ4v) is 2.40. The third-order valence-electron chi connectivity index (χ3n) is 3.72. The van der Waals surface area contributed by atoms with Gasteiger partial charge in [-0.3, -0.25) is 4.79 Å². The number of carbonyl (C=O) groups excluding carboxylic acids is 3. The van der Waals surface area contributed by atoms with Gasteiger partial charge in [0.15, 0.2) is 0 Å². The Bertz CT molecular complexity index is 763. The molecule has 0 atom stereocenters. The molecule has 0 spiro atoms. The van der Waals surface area contributed by atoms with Crippen LogP contribution in [0.1, 0.15) is 63.0 Å². The second-order valence-corrected chi connectivity index (χ2v) is 9.02. The number of ether oxygens (including phenoxy) is 2. The Morgan fingerprint density at radius 3 is 1.62 bits per heavy atom. The van der Waals surface area contributed by atoms with Gasteiger partial charge in [0.25, 0.3) is 0 Å². The van der Waals surface area contributed by atoms with Gasteiger partial charge in [0.05, 0.1) is 0 Å². The molecule has 8 heteroatoms. The van der Waals surface area contributed by atoms with E-state index in [1.54, 1.807) is 73.8 Å². The summed E-state index contributed by atoms with van der Waals surface area (Å²) in [6, 6.07) is 4.94. The van der Waals surface area contributed by atoms with Gasteiger partial charge in [-0.25, -0.2) is 9.59 Å². The first-order valence-corrected chi connectivity index (χ1v) is 9.39. The Morgan fingerprint density at radius 1 is 0.828 bits per heavy atom. The van der Waals surface area contributed by atoms with Gasteiger partial charge in [-0.2, -0.15) is 0 Å². The molecule has 1 aromatic carbocycles. The molecular formula is C21H33N3O5. The number of primary amides is 1. The van der Waals surface area contributed by atoms with Crippen molar-refractivity contribution in [1.29, 1.82) is 0 Å². The molecule has 0 saturated carbocycles. The molecule has 0 aliphatic heterocycles. The second-order valence-electron chi connectivity index (χ2n) is 9.02. The first-order valence-electron chi connectivity index (χ1n) is 9.39. The van der Waals surface area contributed by atoms with E-state index in [1.165, 1.54) is 9.80 Å². The molecule has 162 valence electrons. The van der Waals surface area contributed by atoms with E-state index < -0.39 is 29.3 Å². The van der Waals surface area contributed by atoms with Gasteiger partial charge < -0.3 is 25.0 Å². The number of nitrogens with zero attached hydrogens (tertiary/aromatic N) is 2. The molecule has 29 heavy (non-hydrogen) atoms. The van der Waals surface area contributed by atoms with Crippen LogP contribution in [0.2, 0.25) is 0 Å². The van der Waals surface area contributed by atoms with Crippen molar-refractivity contribution in [2.45, 2.75) is 65.8 Å². The van der Waals surface area contributed by atoms with Crippen LogP contribution in [-0.4, -0.2) is 53.2 Å². The zero-order chi connectivity index (χ0) is 22.6. The first kappa shape index (κ1) is 24.3. The summed E-state index contributed by atoms with van der Waals surface area (Å²) < 4.78 is 10.8. The number of hydrogen-bond donors (Lipinski definition) is 1. The minimum atomic E-state index is -0.625. The quantitative estimate of drug-likeness (QED) is 0.804. The highest BCUT2D eigenvalue weighted by molar-refractivity contribution is 5.93. The molecule has 0 unspecified atom stereocenters. The average molecular weight is 408 g/mol. The van der Waals surface area contributed by atoms with Crippen molar-refractivity contribution >= 4 is 18.1 Å². The van der Waals surface area contributed by atoms with E-state index in [0.29, 0.717) is 11.1 Å². The molecule has 0 aliphatic rings. The monoisotopic (exact) mass is 407 g/mol. The van der Waals surface area contributed by atoms with E-state index in [4.69, 9.17) is 15.2 Å². The molecule has 0 saturated heterocycles. The number of carbonyl (C=O) groups is 3. The van der Waals surface area contributed by atoms with Crippen LogP contribution in [-0.2, 0) is 22.6 Å². The minimum Gasteiger partial charge on any atom is -0.444 e. The first-order chi connectivity index (χ1) is 13.1. The van der Waals surface area contributed by atoms with Gasteiger partial charge in [0, 0.05) is 32.7 Å². The Morgan fingerprint density at radius 2 is 1.24 bits per heavy atom. The standard InChI is InChI=1S/C21H33N3O5/c1-20(2,3)28-18(26)23(7)12-15-10-9-14(17(22)25)11-16(15)13-24(8)19(27)29-21(4,5)6/h9-11H,12-13H2,1-8H3,(H2,22,25). The summed E-state index contributed by atoms with van der Waals surface area (Å²) in [5, 5.41) is 0. The third kappa shape index (κ3) is 8.41. The largest absolute Gasteiger partial charge is 0.444 e. The lowest BCUT2D eigenvalue weighted by Crippen LogP contribution is -2.35. The van der Waals surface area contributed by atoms with Crippen LogP contribution in [0.4, 0.5) is 9.59 Å². The van der Waals surface area contributed by atoms with E-state index in [1.807, 2.05) is 0 Å². The molecule has 3 amide bonds. The third-order valence-corrected chi connectivity index (χ3v) is 3.72. The van der Waals surface area contributed by atoms with Crippen molar-refractivity contribution in [3.63, 3.8) is 0 Å². The number of benzene rings is 1. The summed E-state index contributed by atoms with van der Waals surface area (Å²) in [5.74, 6) is -0.571. The molecular weight excluding hydrogens is 374 g/mol. The predicted molar refractivity (Wildman–Crippen MR) is 110 cm³/mol. The zero-order valence-corrected chi connectivity index (χ0v) is 18.7. The average Bonchev–Trinajstić information content (AvgIpc) is 2.52. The molecule has 1 aromatic rings. The molecule has 0 fully saturated rings. The van der Waals surface area contributed by atoms with Crippen molar-refractivity contribution in [2.24, 2.45) is 5.73 Å². The highest BCUT2D eigenvalue weighted by Gasteiger charge is 2.23. The van der Waals surface area contributed by atoms with Gasteiger partial charge in [-0.1, -0.05) is 6.07 Å². The summed E-state index contributed by atoms with van der Waals surface area (Å²) in [6.45, 7) is 11.2. The van der Waals surface area contributed by atoms with E-state index in [9.17, 15) is 14.4 Å². The maximum atomic E-state index is 12.3. The van der Waals surface area contributed by atoms with Crippen molar-refractivity contribution in [3.8, 4) is 0 Å². The van der Waals surface area contributed by atoms with Crippen LogP contribution in [0, 0.1) is 0 Å². The van der Waals surface area contributed by atoms with Crippen LogP contribution >= 0.6 is 0 Å². The topological polar surface area (TPSA) is 102 Å². The van der Waals surface area contributed by atoms with E-state index in [0.717, 1.165) is 5.56 Å². The number of nitrogens with two attached hydrogens (primary N) is 1. The van der Waals surface area contributed by atoms with Crippen LogP contribution in [0.25, 0.3) is 0 Å². The van der Waals surface area contributed by atoms with Crippen LogP contribution in [0.15, 0.2) is 18.2 Å². The van der Waals surface area contributed by atoms with Crippen LogP contribution in [0.5, 0.6) is 0 Å². The number of rotatable bonds is 5. The summed E-state index contributed by atoms with van der Waals surface area (Å²) in [5.41, 5.74) is 5.93. The maximum absolute atomic E-state index is 12.3.